The number of carbonyl (C=O) groups is 1. The number of aromatic nitrogens is 2. The predicted octanol–water partition coefficient (Wildman–Crippen LogP) is 2.67. The number of nitrogens with zero attached hydrogens (tertiary/aromatic N) is 1. The molecule has 0 bridgehead atoms. The molecule has 1 amide bonds. The van der Waals surface area contributed by atoms with E-state index in [4.69, 9.17) is 17.3 Å². The van der Waals surface area contributed by atoms with Crippen molar-refractivity contribution >= 4 is 34.5 Å². The van der Waals surface area contributed by atoms with Crippen molar-refractivity contribution in [2.45, 2.75) is 31.7 Å². The number of amides is 1. The first-order chi connectivity index (χ1) is 9.63. The number of aromatic amines is 1. The number of halogens is 1. The van der Waals surface area contributed by atoms with Gasteiger partial charge in [-0.3, -0.25) is 10.1 Å². The number of H-pyrrole nitrogens is 1. The van der Waals surface area contributed by atoms with Crippen LogP contribution in [0.25, 0.3) is 11.0 Å². The minimum absolute atomic E-state index is 0.0182. The summed E-state index contributed by atoms with van der Waals surface area (Å²) < 4.78 is 0. The van der Waals surface area contributed by atoms with Crippen molar-refractivity contribution in [2.24, 2.45) is 11.7 Å². The summed E-state index contributed by atoms with van der Waals surface area (Å²) in [6, 6.07) is 5.62. The molecule has 0 aliphatic heterocycles. The molecule has 2 aromatic rings. The van der Waals surface area contributed by atoms with Crippen molar-refractivity contribution in [1.29, 1.82) is 0 Å². The maximum atomic E-state index is 12.2. The summed E-state index contributed by atoms with van der Waals surface area (Å²) in [7, 11) is 0. The van der Waals surface area contributed by atoms with Crippen LogP contribution in [0.15, 0.2) is 18.2 Å². The Balaban J connectivity index is 1.75. The molecule has 1 fully saturated rings. The van der Waals surface area contributed by atoms with E-state index in [1.165, 1.54) is 0 Å². The molecule has 2 atom stereocenters. The van der Waals surface area contributed by atoms with Crippen LogP contribution >= 0.6 is 11.6 Å². The first-order valence-corrected chi connectivity index (χ1v) is 7.22. The molecule has 1 aromatic carbocycles. The monoisotopic (exact) mass is 292 g/mol. The van der Waals surface area contributed by atoms with Crippen molar-refractivity contribution in [3.05, 3.63) is 23.2 Å². The van der Waals surface area contributed by atoms with Crippen molar-refractivity contribution in [2.75, 3.05) is 5.32 Å². The van der Waals surface area contributed by atoms with E-state index in [0.29, 0.717) is 16.5 Å². The number of rotatable bonds is 2. The molecule has 0 saturated heterocycles. The summed E-state index contributed by atoms with van der Waals surface area (Å²) in [5.41, 5.74) is 7.40. The fraction of sp³-hybridized carbons (Fsp3) is 0.429. The first-order valence-electron chi connectivity index (χ1n) is 6.84. The van der Waals surface area contributed by atoms with Gasteiger partial charge in [-0.05, 0) is 31.4 Å². The van der Waals surface area contributed by atoms with E-state index in [0.717, 1.165) is 31.2 Å². The van der Waals surface area contributed by atoms with E-state index >= 15 is 0 Å². The average Bonchev–Trinajstić information content (AvgIpc) is 2.83. The molecular weight excluding hydrogens is 276 g/mol. The van der Waals surface area contributed by atoms with Gasteiger partial charge in [0.2, 0.25) is 11.9 Å². The van der Waals surface area contributed by atoms with Gasteiger partial charge < -0.3 is 10.7 Å². The van der Waals surface area contributed by atoms with E-state index in [1.54, 1.807) is 6.07 Å². The molecule has 1 aliphatic carbocycles. The third-order valence-corrected chi connectivity index (χ3v) is 4.10. The number of carbonyl (C=O) groups excluding carboxylic acids is 1. The van der Waals surface area contributed by atoms with E-state index < -0.39 is 0 Å². The lowest BCUT2D eigenvalue weighted by molar-refractivity contribution is -0.120. The van der Waals surface area contributed by atoms with Gasteiger partial charge in [0.15, 0.2) is 0 Å². The average molecular weight is 293 g/mol. The number of nitrogens with two attached hydrogens (primary N) is 1. The SMILES string of the molecule is NC1CCCC(C(=O)Nc2nc3c(Cl)cccc3[nH]2)C1. The maximum absolute atomic E-state index is 12.2. The Morgan fingerprint density at radius 2 is 2.30 bits per heavy atom. The fourth-order valence-electron chi connectivity index (χ4n) is 2.74. The Hall–Kier alpha value is -1.59. The summed E-state index contributed by atoms with van der Waals surface area (Å²) in [5.74, 6) is 0.398. The highest BCUT2D eigenvalue weighted by molar-refractivity contribution is 6.35. The zero-order valence-corrected chi connectivity index (χ0v) is 11.8. The van der Waals surface area contributed by atoms with Gasteiger partial charge in [-0.15, -0.1) is 0 Å². The zero-order chi connectivity index (χ0) is 14.1. The molecule has 3 rings (SSSR count). The van der Waals surface area contributed by atoms with Crippen LogP contribution in [0.1, 0.15) is 25.7 Å². The summed E-state index contributed by atoms with van der Waals surface area (Å²) in [6.07, 6.45) is 3.64. The zero-order valence-electron chi connectivity index (χ0n) is 11.0. The summed E-state index contributed by atoms with van der Waals surface area (Å²) in [6.45, 7) is 0. The van der Waals surface area contributed by atoms with Gasteiger partial charge in [0.25, 0.3) is 0 Å². The predicted molar refractivity (Wildman–Crippen MR) is 79.7 cm³/mol. The second-order valence-corrected chi connectivity index (χ2v) is 5.74. The maximum Gasteiger partial charge on any atom is 0.229 e. The quantitative estimate of drug-likeness (QED) is 0.795. The van der Waals surface area contributed by atoms with Crippen LogP contribution in [0.3, 0.4) is 0 Å². The molecule has 0 radical (unpaired) electrons. The van der Waals surface area contributed by atoms with E-state index in [1.807, 2.05) is 12.1 Å². The normalized spacial score (nSPS) is 22.9. The first kappa shape index (κ1) is 13.4. The number of hydrogen-bond acceptors (Lipinski definition) is 3. The molecule has 106 valence electrons. The summed E-state index contributed by atoms with van der Waals surface area (Å²) in [4.78, 5) is 19.6. The highest BCUT2D eigenvalue weighted by Gasteiger charge is 2.25. The second-order valence-electron chi connectivity index (χ2n) is 5.33. The molecule has 5 nitrogen and oxygen atoms in total. The summed E-state index contributed by atoms with van der Waals surface area (Å²) >= 11 is 6.06. The molecule has 1 saturated carbocycles. The molecule has 0 spiro atoms. The van der Waals surface area contributed by atoms with E-state index in [9.17, 15) is 4.79 Å². The van der Waals surface area contributed by atoms with Crippen LogP contribution in [0.4, 0.5) is 5.95 Å². The van der Waals surface area contributed by atoms with Gasteiger partial charge in [-0.25, -0.2) is 4.98 Å². The van der Waals surface area contributed by atoms with Gasteiger partial charge in [-0.2, -0.15) is 0 Å². The van der Waals surface area contributed by atoms with Crippen molar-refractivity contribution in [1.82, 2.24) is 9.97 Å². The van der Waals surface area contributed by atoms with Crippen LogP contribution in [-0.4, -0.2) is 21.9 Å². The highest BCUT2D eigenvalue weighted by atomic mass is 35.5. The molecule has 2 unspecified atom stereocenters. The third kappa shape index (κ3) is 2.64. The molecule has 4 N–H and O–H groups in total. The third-order valence-electron chi connectivity index (χ3n) is 3.79. The van der Waals surface area contributed by atoms with Gasteiger partial charge in [0, 0.05) is 12.0 Å². The van der Waals surface area contributed by atoms with Crippen LogP contribution in [0.2, 0.25) is 5.02 Å². The Morgan fingerprint density at radius 3 is 3.05 bits per heavy atom. The Kier molecular flexibility index (Phi) is 3.63. The number of anilines is 1. The van der Waals surface area contributed by atoms with Crippen LogP contribution in [-0.2, 0) is 4.79 Å². The lowest BCUT2D eigenvalue weighted by atomic mass is 9.85. The van der Waals surface area contributed by atoms with E-state index in [2.05, 4.69) is 15.3 Å². The smallest absolute Gasteiger partial charge is 0.229 e. The summed E-state index contributed by atoms with van der Waals surface area (Å²) in [5, 5.41) is 3.40. The molecular formula is C14H17ClN4O. The minimum atomic E-state index is -0.0255. The lowest BCUT2D eigenvalue weighted by Gasteiger charge is -2.25. The number of hydrogen-bond donors (Lipinski definition) is 3. The number of imidazole rings is 1. The van der Waals surface area contributed by atoms with Crippen molar-refractivity contribution in [3.8, 4) is 0 Å². The number of benzene rings is 1. The molecule has 1 aromatic heterocycles. The number of para-hydroxylation sites is 1. The Labute approximate surface area is 121 Å². The largest absolute Gasteiger partial charge is 0.328 e. The molecule has 20 heavy (non-hydrogen) atoms. The van der Waals surface area contributed by atoms with Gasteiger partial charge in [-0.1, -0.05) is 24.1 Å². The molecule has 1 aliphatic rings. The van der Waals surface area contributed by atoms with Crippen molar-refractivity contribution in [3.63, 3.8) is 0 Å². The van der Waals surface area contributed by atoms with Gasteiger partial charge >= 0.3 is 0 Å². The van der Waals surface area contributed by atoms with Crippen LogP contribution in [0.5, 0.6) is 0 Å². The lowest BCUT2D eigenvalue weighted by Crippen LogP contribution is -2.34. The van der Waals surface area contributed by atoms with Gasteiger partial charge in [0.1, 0.15) is 5.52 Å². The van der Waals surface area contributed by atoms with Gasteiger partial charge in [0.05, 0.1) is 10.5 Å². The highest BCUT2D eigenvalue weighted by Crippen LogP contribution is 2.26. The number of nitrogens with one attached hydrogen (secondary N) is 2. The van der Waals surface area contributed by atoms with E-state index in [-0.39, 0.29) is 17.9 Å². The molecule has 6 heteroatoms. The van der Waals surface area contributed by atoms with Crippen molar-refractivity contribution < 1.29 is 4.79 Å². The Morgan fingerprint density at radius 1 is 1.45 bits per heavy atom. The topological polar surface area (TPSA) is 83.8 Å². The fourth-order valence-corrected chi connectivity index (χ4v) is 2.96. The standard InChI is InChI=1S/C14H17ClN4O/c15-10-5-2-6-11-12(10)18-14(17-11)19-13(20)8-3-1-4-9(16)7-8/h2,5-6,8-9H,1,3-4,7,16H2,(H2,17,18,19,20). The second kappa shape index (κ2) is 5.42. The van der Waals surface area contributed by atoms with Crippen LogP contribution in [0, 0.1) is 5.92 Å². The minimum Gasteiger partial charge on any atom is -0.328 e. The van der Waals surface area contributed by atoms with Crippen LogP contribution < -0.4 is 11.1 Å². The number of fused-ring (bicyclic) bond motifs is 1. The molecule has 1 heterocycles. The Bertz CT molecular complexity index is 639.